The highest BCUT2D eigenvalue weighted by atomic mass is 79.9. The van der Waals surface area contributed by atoms with Gasteiger partial charge in [0.2, 0.25) is 5.91 Å². The van der Waals surface area contributed by atoms with Gasteiger partial charge in [-0.05, 0) is 43.5 Å². The van der Waals surface area contributed by atoms with Crippen LogP contribution >= 0.6 is 15.9 Å². The Morgan fingerprint density at radius 3 is 2.45 bits per heavy atom. The molecule has 1 saturated heterocycles. The van der Waals surface area contributed by atoms with Crippen LogP contribution in [0.3, 0.4) is 0 Å². The molecule has 0 aromatic heterocycles. The number of hydrogen-bond acceptors (Lipinski definition) is 2. The number of aryl methyl sites for hydroxylation is 1. The molecule has 20 heavy (non-hydrogen) atoms. The summed E-state index contributed by atoms with van der Waals surface area (Å²) in [7, 11) is 0. The van der Waals surface area contributed by atoms with Gasteiger partial charge in [0.15, 0.2) is 0 Å². The van der Waals surface area contributed by atoms with Crippen molar-refractivity contribution in [3.05, 3.63) is 28.2 Å². The lowest BCUT2D eigenvalue weighted by Crippen LogP contribution is -2.64. The molecule has 0 saturated carbocycles. The van der Waals surface area contributed by atoms with Gasteiger partial charge in [0, 0.05) is 10.2 Å². The van der Waals surface area contributed by atoms with E-state index < -0.39 is 12.1 Å². The van der Waals surface area contributed by atoms with Crippen LogP contribution in [0.1, 0.15) is 26.3 Å². The van der Waals surface area contributed by atoms with Crippen LogP contribution in [0.4, 0.5) is 5.69 Å². The van der Waals surface area contributed by atoms with Crippen LogP contribution in [-0.2, 0) is 9.59 Å². The molecule has 2 atom stereocenters. The highest BCUT2D eigenvalue weighted by Crippen LogP contribution is 2.27. The van der Waals surface area contributed by atoms with Gasteiger partial charge in [-0.15, -0.1) is 0 Å². The number of benzene rings is 1. The van der Waals surface area contributed by atoms with E-state index >= 15 is 0 Å². The average molecular weight is 339 g/mol. The molecule has 0 spiro atoms. The van der Waals surface area contributed by atoms with E-state index in [4.69, 9.17) is 0 Å². The molecule has 4 nitrogen and oxygen atoms in total. The number of piperazine rings is 1. The van der Waals surface area contributed by atoms with Crippen molar-refractivity contribution in [1.29, 1.82) is 0 Å². The molecule has 1 heterocycles. The zero-order valence-corrected chi connectivity index (χ0v) is 13.7. The fourth-order valence-corrected chi connectivity index (χ4v) is 3.05. The zero-order valence-electron chi connectivity index (χ0n) is 12.1. The van der Waals surface area contributed by atoms with E-state index in [-0.39, 0.29) is 17.7 Å². The molecule has 1 aliphatic rings. The molecule has 108 valence electrons. The first kappa shape index (κ1) is 15.0. The summed E-state index contributed by atoms with van der Waals surface area (Å²) in [5, 5.41) is 2.80. The van der Waals surface area contributed by atoms with Gasteiger partial charge < -0.3 is 5.32 Å². The van der Waals surface area contributed by atoms with Crippen molar-refractivity contribution < 1.29 is 9.59 Å². The highest BCUT2D eigenvalue weighted by Gasteiger charge is 2.40. The minimum absolute atomic E-state index is 0.0513. The first-order valence-electron chi connectivity index (χ1n) is 6.72. The highest BCUT2D eigenvalue weighted by molar-refractivity contribution is 9.10. The topological polar surface area (TPSA) is 49.4 Å². The lowest BCUT2D eigenvalue weighted by Gasteiger charge is -2.39. The summed E-state index contributed by atoms with van der Waals surface area (Å²) in [5.74, 6) is -0.0970. The van der Waals surface area contributed by atoms with Crippen LogP contribution in [0, 0.1) is 12.8 Å². The minimum Gasteiger partial charge on any atom is -0.342 e. The lowest BCUT2D eigenvalue weighted by molar-refractivity contribution is -0.134. The number of anilines is 1. The smallest absolute Gasteiger partial charge is 0.250 e. The number of halogens is 1. The summed E-state index contributed by atoms with van der Waals surface area (Å²) < 4.78 is 0.902. The second-order valence-electron chi connectivity index (χ2n) is 5.60. The summed E-state index contributed by atoms with van der Waals surface area (Å²) in [4.78, 5) is 26.3. The predicted octanol–water partition coefficient (Wildman–Crippen LogP) is 2.63. The number of hydrogen-bond donors (Lipinski definition) is 1. The van der Waals surface area contributed by atoms with Crippen LogP contribution < -0.4 is 10.2 Å². The molecular formula is C15H19BrN2O2. The van der Waals surface area contributed by atoms with Crippen LogP contribution in [-0.4, -0.2) is 23.9 Å². The van der Waals surface area contributed by atoms with Crippen molar-refractivity contribution in [2.75, 3.05) is 4.90 Å². The Bertz CT molecular complexity index is 537. The number of carbonyl (C=O) groups is 2. The average Bonchev–Trinajstić information content (AvgIpc) is 2.32. The van der Waals surface area contributed by atoms with Crippen LogP contribution in [0.15, 0.2) is 22.7 Å². The Hall–Kier alpha value is -1.36. The molecule has 1 aromatic rings. The summed E-state index contributed by atoms with van der Waals surface area (Å²) in [5.41, 5.74) is 1.80. The van der Waals surface area contributed by atoms with Crippen LogP contribution in [0.5, 0.6) is 0 Å². The van der Waals surface area contributed by atoms with E-state index in [0.717, 1.165) is 15.7 Å². The van der Waals surface area contributed by atoms with Crippen LogP contribution in [0.25, 0.3) is 0 Å². The van der Waals surface area contributed by atoms with Gasteiger partial charge in [-0.1, -0.05) is 29.8 Å². The van der Waals surface area contributed by atoms with E-state index in [1.807, 2.05) is 39.0 Å². The molecule has 1 fully saturated rings. The Morgan fingerprint density at radius 1 is 1.25 bits per heavy atom. The maximum Gasteiger partial charge on any atom is 0.250 e. The van der Waals surface area contributed by atoms with E-state index in [2.05, 4.69) is 21.2 Å². The maximum atomic E-state index is 12.6. The van der Waals surface area contributed by atoms with Crippen molar-refractivity contribution >= 4 is 33.4 Å². The van der Waals surface area contributed by atoms with Crippen molar-refractivity contribution in [2.24, 2.45) is 5.92 Å². The number of carbonyl (C=O) groups excluding carboxylic acids is 2. The molecule has 0 bridgehead atoms. The third-order valence-corrected chi connectivity index (χ3v) is 4.00. The second kappa shape index (κ2) is 5.56. The van der Waals surface area contributed by atoms with Crippen LogP contribution in [0.2, 0.25) is 0 Å². The van der Waals surface area contributed by atoms with Crippen molar-refractivity contribution in [3.8, 4) is 0 Å². The minimum atomic E-state index is -0.494. The zero-order chi connectivity index (χ0) is 15.0. The van der Waals surface area contributed by atoms with E-state index in [1.54, 1.807) is 11.8 Å². The number of nitrogens with one attached hydrogen (secondary N) is 1. The molecule has 1 aliphatic heterocycles. The second-order valence-corrected chi connectivity index (χ2v) is 6.52. The molecule has 2 amide bonds. The quantitative estimate of drug-likeness (QED) is 0.901. The number of rotatable bonds is 2. The largest absolute Gasteiger partial charge is 0.342 e. The Morgan fingerprint density at radius 2 is 1.90 bits per heavy atom. The normalized spacial score (nSPS) is 23.2. The molecule has 0 aliphatic carbocycles. The summed E-state index contributed by atoms with van der Waals surface area (Å²) >= 11 is 3.44. The Balaban J connectivity index is 2.45. The molecule has 5 heteroatoms. The molecule has 2 unspecified atom stereocenters. The summed E-state index contributed by atoms with van der Waals surface area (Å²) in [6.45, 7) is 7.58. The summed E-state index contributed by atoms with van der Waals surface area (Å²) in [6, 6.07) is 4.82. The summed E-state index contributed by atoms with van der Waals surface area (Å²) in [6.07, 6.45) is 0. The van der Waals surface area contributed by atoms with Gasteiger partial charge in [-0.2, -0.15) is 0 Å². The third-order valence-electron chi connectivity index (χ3n) is 3.54. The molecule has 1 aromatic carbocycles. The molecular weight excluding hydrogens is 320 g/mol. The lowest BCUT2D eigenvalue weighted by atomic mass is 9.97. The first-order chi connectivity index (χ1) is 9.31. The van der Waals surface area contributed by atoms with Gasteiger partial charge in [-0.3, -0.25) is 14.5 Å². The third kappa shape index (κ3) is 2.73. The Kier molecular flexibility index (Phi) is 4.18. The SMILES string of the molecule is Cc1cc(Br)cc(N2C(=O)C(C(C)C)NC(=O)C2C)c1. The van der Waals surface area contributed by atoms with Crippen molar-refractivity contribution in [1.82, 2.24) is 5.32 Å². The maximum absolute atomic E-state index is 12.6. The molecule has 0 radical (unpaired) electrons. The molecule has 2 rings (SSSR count). The van der Waals surface area contributed by atoms with E-state index in [1.165, 1.54) is 0 Å². The van der Waals surface area contributed by atoms with Gasteiger partial charge in [0.05, 0.1) is 0 Å². The van der Waals surface area contributed by atoms with Crippen molar-refractivity contribution in [2.45, 2.75) is 39.8 Å². The fraction of sp³-hybridized carbons (Fsp3) is 0.467. The standard InChI is InChI=1S/C15H19BrN2O2/c1-8(2)13-15(20)18(10(4)14(19)17-13)12-6-9(3)5-11(16)7-12/h5-8,10,13H,1-4H3,(H,17,19). The van der Waals surface area contributed by atoms with Gasteiger partial charge in [0.1, 0.15) is 12.1 Å². The monoisotopic (exact) mass is 338 g/mol. The fourth-order valence-electron chi connectivity index (χ4n) is 2.45. The Labute approximate surface area is 127 Å². The first-order valence-corrected chi connectivity index (χ1v) is 7.51. The van der Waals surface area contributed by atoms with Crippen molar-refractivity contribution in [3.63, 3.8) is 0 Å². The number of nitrogens with zero attached hydrogens (tertiary/aromatic N) is 1. The number of amides is 2. The van der Waals surface area contributed by atoms with Gasteiger partial charge in [0.25, 0.3) is 5.91 Å². The van der Waals surface area contributed by atoms with E-state index in [0.29, 0.717) is 0 Å². The van der Waals surface area contributed by atoms with Gasteiger partial charge in [-0.25, -0.2) is 0 Å². The predicted molar refractivity (Wildman–Crippen MR) is 82.6 cm³/mol. The molecule has 1 N–H and O–H groups in total. The van der Waals surface area contributed by atoms with Gasteiger partial charge >= 0.3 is 0 Å². The van der Waals surface area contributed by atoms with E-state index in [9.17, 15) is 9.59 Å².